The van der Waals surface area contributed by atoms with Gasteiger partial charge in [-0.3, -0.25) is 0 Å². The number of piperidine rings is 1. The van der Waals surface area contributed by atoms with E-state index in [9.17, 15) is 0 Å². The van der Waals surface area contributed by atoms with Crippen molar-refractivity contribution in [2.24, 2.45) is 0 Å². The van der Waals surface area contributed by atoms with Crippen LogP contribution in [0.25, 0.3) is 0 Å². The molecule has 1 aromatic rings. The molecule has 0 bridgehead atoms. The Labute approximate surface area is 112 Å². The van der Waals surface area contributed by atoms with E-state index in [4.69, 9.17) is 27.9 Å². The van der Waals surface area contributed by atoms with Crippen LogP contribution >= 0.6 is 23.2 Å². The summed E-state index contributed by atoms with van der Waals surface area (Å²) in [7, 11) is 1.78. The second kappa shape index (κ2) is 5.94. The van der Waals surface area contributed by atoms with Gasteiger partial charge in [-0.05, 0) is 30.5 Å². The van der Waals surface area contributed by atoms with Crippen molar-refractivity contribution in [3.63, 3.8) is 0 Å². The molecule has 0 radical (unpaired) electrons. The number of hydrogen-bond acceptors (Lipinski definition) is 2. The molecule has 0 atom stereocenters. The van der Waals surface area contributed by atoms with Crippen LogP contribution in [0.5, 0.6) is 0 Å². The third kappa shape index (κ3) is 3.06. The highest BCUT2D eigenvalue weighted by Crippen LogP contribution is 2.30. The SMILES string of the molecule is COC1CCN(c2ccc(CCl)cc2Cl)CC1. The van der Waals surface area contributed by atoms with Crippen molar-refractivity contribution in [2.75, 3.05) is 25.1 Å². The maximum atomic E-state index is 6.28. The zero-order valence-corrected chi connectivity index (χ0v) is 11.5. The molecule has 2 nitrogen and oxygen atoms in total. The predicted octanol–water partition coefficient (Wildman–Crippen LogP) is 3.69. The standard InChI is InChI=1S/C13H17Cl2NO/c1-17-11-4-6-16(7-5-11)13-3-2-10(9-14)8-12(13)15/h2-3,8,11H,4-7,9H2,1H3. The van der Waals surface area contributed by atoms with Crippen LogP contribution in [0, 0.1) is 0 Å². The zero-order valence-electron chi connectivity index (χ0n) is 9.96. The highest BCUT2D eigenvalue weighted by molar-refractivity contribution is 6.33. The summed E-state index contributed by atoms with van der Waals surface area (Å²) < 4.78 is 5.36. The molecular weight excluding hydrogens is 257 g/mol. The first-order valence-electron chi connectivity index (χ1n) is 5.86. The summed E-state index contributed by atoms with van der Waals surface area (Å²) in [6, 6.07) is 6.05. The maximum absolute atomic E-state index is 6.28. The van der Waals surface area contributed by atoms with E-state index in [0.29, 0.717) is 12.0 Å². The Morgan fingerprint density at radius 2 is 2.06 bits per heavy atom. The minimum atomic E-state index is 0.396. The van der Waals surface area contributed by atoms with Gasteiger partial charge in [0, 0.05) is 26.1 Å². The number of hydrogen-bond donors (Lipinski definition) is 0. The van der Waals surface area contributed by atoms with Gasteiger partial charge in [-0.15, -0.1) is 11.6 Å². The summed E-state index contributed by atoms with van der Waals surface area (Å²) >= 11 is 12.1. The average Bonchev–Trinajstić information content (AvgIpc) is 2.39. The Kier molecular flexibility index (Phi) is 4.55. The molecule has 0 N–H and O–H groups in total. The number of benzene rings is 1. The zero-order chi connectivity index (χ0) is 12.3. The molecule has 1 aromatic carbocycles. The summed E-state index contributed by atoms with van der Waals surface area (Å²) in [5, 5.41) is 0.791. The molecule has 0 unspecified atom stereocenters. The lowest BCUT2D eigenvalue weighted by atomic mass is 10.1. The minimum Gasteiger partial charge on any atom is -0.381 e. The van der Waals surface area contributed by atoms with Crippen molar-refractivity contribution in [3.05, 3.63) is 28.8 Å². The van der Waals surface area contributed by atoms with Gasteiger partial charge in [0.1, 0.15) is 0 Å². The normalized spacial score (nSPS) is 17.5. The van der Waals surface area contributed by atoms with E-state index in [1.807, 2.05) is 12.1 Å². The summed E-state index contributed by atoms with van der Waals surface area (Å²) in [6.07, 6.45) is 2.51. The Bertz CT molecular complexity index is 376. The number of methoxy groups -OCH3 is 1. The molecule has 0 spiro atoms. The maximum Gasteiger partial charge on any atom is 0.0642 e. The highest BCUT2D eigenvalue weighted by atomic mass is 35.5. The van der Waals surface area contributed by atoms with E-state index in [-0.39, 0.29) is 0 Å². The quantitative estimate of drug-likeness (QED) is 0.779. The first kappa shape index (κ1) is 13.0. The summed E-state index contributed by atoms with van der Waals surface area (Å²) in [5.41, 5.74) is 2.17. The second-order valence-corrected chi connectivity index (χ2v) is 5.02. The lowest BCUT2D eigenvalue weighted by Crippen LogP contribution is -2.36. The van der Waals surface area contributed by atoms with Crippen LogP contribution in [0.4, 0.5) is 5.69 Å². The Balaban J connectivity index is 2.08. The first-order valence-corrected chi connectivity index (χ1v) is 6.78. The predicted molar refractivity (Wildman–Crippen MR) is 73.3 cm³/mol. The third-order valence-corrected chi connectivity index (χ3v) is 3.89. The minimum absolute atomic E-state index is 0.396. The molecule has 0 aliphatic carbocycles. The van der Waals surface area contributed by atoms with Gasteiger partial charge in [0.25, 0.3) is 0 Å². The van der Waals surface area contributed by atoms with Crippen molar-refractivity contribution in [1.82, 2.24) is 0 Å². The first-order chi connectivity index (χ1) is 8.24. The Hall–Kier alpha value is -0.440. The number of anilines is 1. The molecule has 0 saturated carbocycles. The molecular formula is C13H17Cl2NO. The van der Waals surface area contributed by atoms with E-state index in [2.05, 4.69) is 11.0 Å². The van der Waals surface area contributed by atoms with Crippen LogP contribution in [0.15, 0.2) is 18.2 Å². The molecule has 17 heavy (non-hydrogen) atoms. The molecule has 1 aliphatic rings. The smallest absolute Gasteiger partial charge is 0.0642 e. The van der Waals surface area contributed by atoms with Gasteiger partial charge in [-0.1, -0.05) is 17.7 Å². The van der Waals surface area contributed by atoms with E-state index in [1.165, 1.54) is 0 Å². The van der Waals surface area contributed by atoms with Crippen molar-refractivity contribution < 1.29 is 4.74 Å². The van der Waals surface area contributed by atoms with Crippen LogP contribution < -0.4 is 4.90 Å². The fourth-order valence-electron chi connectivity index (χ4n) is 2.22. The summed E-state index contributed by atoms with van der Waals surface area (Å²) in [6.45, 7) is 2.00. The van der Waals surface area contributed by atoms with Crippen LogP contribution in [0.3, 0.4) is 0 Å². The third-order valence-electron chi connectivity index (χ3n) is 3.28. The van der Waals surface area contributed by atoms with Crippen LogP contribution in [-0.4, -0.2) is 26.3 Å². The van der Waals surface area contributed by atoms with Gasteiger partial charge >= 0.3 is 0 Å². The van der Waals surface area contributed by atoms with Crippen LogP contribution in [-0.2, 0) is 10.6 Å². The lowest BCUT2D eigenvalue weighted by molar-refractivity contribution is 0.0819. The Morgan fingerprint density at radius 3 is 2.59 bits per heavy atom. The van der Waals surface area contributed by atoms with Gasteiger partial charge < -0.3 is 9.64 Å². The van der Waals surface area contributed by atoms with Crippen LogP contribution in [0.1, 0.15) is 18.4 Å². The fourth-order valence-corrected chi connectivity index (χ4v) is 2.71. The molecule has 2 rings (SSSR count). The summed E-state index contributed by atoms with van der Waals surface area (Å²) in [4.78, 5) is 2.32. The molecule has 0 aromatic heterocycles. The Morgan fingerprint density at radius 1 is 1.35 bits per heavy atom. The van der Waals surface area contributed by atoms with Gasteiger partial charge in [-0.2, -0.15) is 0 Å². The number of halogens is 2. The van der Waals surface area contributed by atoms with E-state index in [1.54, 1.807) is 7.11 Å². The molecule has 1 fully saturated rings. The summed E-state index contributed by atoms with van der Waals surface area (Å²) in [5.74, 6) is 0.506. The van der Waals surface area contributed by atoms with Gasteiger partial charge in [-0.25, -0.2) is 0 Å². The van der Waals surface area contributed by atoms with Crippen molar-refractivity contribution >= 4 is 28.9 Å². The van der Waals surface area contributed by atoms with Crippen LogP contribution in [0.2, 0.25) is 5.02 Å². The van der Waals surface area contributed by atoms with Gasteiger partial charge in [0.05, 0.1) is 16.8 Å². The molecule has 0 amide bonds. The molecule has 94 valence electrons. The van der Waals surface area contributed by atoms with Crippen molar-refractivity contribution in [1.29, 1.82) is 0 Å². The highest BCUT2D eigenvalue weighted by Gasteiger charge is 2.20. The van der Waals surface area contributed by atoms with E-state index < -0.39 is 0 Å². The fraction of sp³-hybridized carbons (Fsp3) is 0.538. The number of ether oxygens (including phenoxy) is 1. The molecule has 1 saturated heterocycles. The van der Waals surface area contributed by atoms with Crippen molar-refractivity contribution in [3.8, 4) is 0 Å². The topological polar surface area (TPSA) is 12.5 Å². The number of rotatable bonds is 3. The second-order valence-electron chi connectivity index (χ2n) is 4.34. The van der Waals surface area contributed by atoms with Gasteiger partial charge in [0.2, 0.25) is 0 Å². The number of nitrogens with zero attached hydrogens (tertiary/aromatic N) is 1. The average molecular weight is 274 g/mol. The largest absolute Gasteiger partial charge is 0.381 e. The lowest BCUT2D eigenvalue weighted by Gasteiger charge is -2.33. The monoisotopic (exact) mass is 273 g/mol. The molecule has 1 heterocycles. The molecule has 1 aliphatic heterocycles. The van der Waals surface area contributed by atoms with Gasteiger partial charge in [0.15, 0.2) is 0 Å². The van der Waals surface area contributed by atoms with E-state index in [0.717, 1.165) is 42.2 Å². The molecule has 4 heteroatoms. The van der Waals surface area contributed by atoms with E-state index >= 15 is 0 Å². The number of alkyl halides is 1. The van der Waals surface area contributed by atoms with Crippen molar-refractivity contribution in [2.45, 2.75) is 24.8 Å².